The van der Waals surface area contributed by atoms with Crippen LogP contribution < -0.4 is 0 Å². The van der Waals surface area contributed by atoms with Gasteiger partial charge in [0.05, 0.1) is 5.69 Å². The number of aryl methyl sites for hydroxylation is 2. The van der Waals surface area contributed by atoms with Gasteiger partial charge in [0.25, 0.3) is 0 Å². The predicted molar refractivity (Wildman–Crippen MR) is 60.0 cm³/mol. The zero-order valence-electron chi connectivity index (χ0n) is 9.92. The average Bonchev–Trinajstić information content (AvgIpc) is 2.80. The summed E-state index contributed by atoms with van der Waals surface area (Å²) >= 11 is 0. The van der Waals surface area contributed by atoms with Gasteiger partial charge in [0.15, 0.2) is 0 Å². The van der Waals surface area contributed by atoms with Gasteiger partial charge in [-0.1, -0.05) is 0 Å². The Hall–Kier alpha value is -0.830. The largest absolute Gasteiger partial charge is 0.381 e. The van der Waals surface area contributed by atoms with Gasteiger partial charge in [-0.15, -0.1) is 0 Å². The maximum Gasteiger partial charge on any atom is 0.0625 e. The molecular formula is C12H20N2O. The molecule has 0 aliphatic carbocycles. The van der Waals surface area contributed by atoms with E-state index in [0.29, 0.717) is 0 Å². The van der Waals surface area contributed by atoms with E-state index >= 15 is 0 Å². The van der Waals surface area contributed by atoms with Crippen molar-refractivity contribution in [2.45, 2.75) is 40.2 Å². The minimum atomic E-state index is 0.745. The van der Waals surface area contributed by atoms with Gasteiger partial charge in [0, 0.05) is 25.5 Å². The van der Waals surface area contributed by atoms with Crippen molar-refractivity contribution in [3.05, 3.63) is 17.0 Å². The number of rotatable bonds is 3. The summed E-state index contributed by atoms with van der Waals surface area (Å²) in [5.74, 6) is 0.745. The Bertz CT molecular complexity index is 338. The van der Waals surface area contributed by atoms with Crippen LogP contribution in [-0.2, 0) is 11.3 Å². The number of hydrogen-bond donors (Lipinski definition) is 0. The van der Waals surface area contributed by atoms with Crippen LogP contribution in [0.15, 0.2) is 0 Å². The molecule has 1 unspecified atom stereocenters. The van der Waals surface area contributed by atoms with Crippen LogP contribution in [0, 0.1) is 26.7 Å². The highest BCUT2D eigenvalue weighted by atomic mass is 16.5. The Labute approximate surface area is 91.4 Å². The van der Waals surface area contributed by atoms with Gasteiger partial charge in [0.2, 0.25) is 0 Å². The SMILES string of the molecule is Cc1nn(CCC2CCOC2)c(C)c1C. The smallest absolute Gasteiger partial charge is 0.0625 e. The van der Waals surface area contributed by atoms with Gasteiger partial charge in [0.1, 0.15) is 0 Å². The molecule has 1 aliphatic rings. The van der Waals surface area contributed by atoms with Crippen LogP contribution in [0.25, 0.3) is 0 Å². The van der Waals surface area contributed by atoms with Crippen LogP contribution in [0.4, 0.5) is 0 Å². The molecule has 1 aliphatic heterocycles. The Balaban J connectivity index is 1.95. The normalized spacial score (nSPS) is 21.1. The molecule has 15 heavy (non-hydrogen) atoms. The number of aromatic nitrogens is 2. The van der Waals surface area contributed by atoms with Crippen molar-refractivity contribution in [1.82, 2.24) is 9.78 Å². The molecule has 2 rings (SSSR count). The second-order valence-electron chi connectivity index (χ2n) is 4.54. The predicted octanol–water partition coefficient (Wildman–Crippen LogP) is 2.23. The Morgan fingerprint density at radius 3 is 2.73 bits per heavy atom. The van der Waals surface area contributed by atoms with Crippen LogP contribution in [0.2, 0.25) is 0 Å². The minimum absolute atomic E-state index is 0.745. The summed E-state index contributed by atoms with van der Waals surface area (Å²) in [4.78, 5) is 0. The van der Waals surface area contributed by atoms with Crippen molar-refractivity contribution in [1.29, 1.82) is 0 Å². The maximum absolute atomic E-state index is 5.38. The fourth-order valence-corrected chi connectivity index (χ4v) is 2.12. The molecule has 0 saturated carbocycles. The molecule has 0 N–H and O–H groups in total. The fourth-order valence-electron chi connectivity index (χ4n) is 2.12. The van der Waals surface area contributed by atoms with Gasteiger partial charge >= 0.3 is 0 Å². The molecule has 1 saturated heterocycles. The molecule has 1 atom stereocenters. The van der Waals surface area contributed by atoms with Crippen LogP contribution in [0.5, 0.6) is 0 Å². The molecule has 84 valence electrons. The van der Waals surface area contributed by atoms with Crippen molar-refractivity contribution < 1.29 is 4.74 Å². The van der Waals surface area contributed by atoms with Crippen LogP contribution in [0.1, 0.15) is 29.8 Å². The molecule has 3 heteroatoms. The van der Waals surface area contributed by atoms with Gasteiger partial charge < -0.3 is 4.74 Å². The van der Waals surface area contributed by atoms with E-state index in [1.54, 1.807) is 0 Å². The molecule has 3 nitrogen and oxygen atoms in total. The quantitative estimate of drug-likeness (QED) is 0.761. The number of ether oxygens (including phenoxy) is 1. The summed E-state index contributed by atoms with van der Waals surface area (Å²) in [5, 5.41) is 4.55. The lowest BCUT2D eigenvalue weighted by molar-refractivity contribution is 0.183. The number of hydrogen-bond acceptors (Lipinski definition) is 2. The highest BCUT2D eigenvalue weighted by molar-refractivity contribution is 5.21. The van der Waals surface area contributed by atoms with Gasteiger partial charge in [-0.05, 0) is 45.1 Å². The first-order chi connectivity index (χ1) is 7.18. The summed E-state index contributed by atoms with van der Waals surface area (Å²) in [6.45, 7) is 9.30. The summed E-state index contributed by atoms with van der Waals surface area (Å²) in [6.07, 6.45) is 2.42. The molecule has 1 fully saturated rings. The van der Waals surface area contributed by atoms with E-state index in [1.807, 2.05) is 0 Å². The lowest BCUT2D eigenvalue weighted by Gasteiger charge is -2.08. The van der Waals surface area contributed by atoms with Gasteiger partial charge in [-0.3, -0.25) is 4.68 Å². The molecule has 1 aromatic rings. The highest BCUT2D eigenvalue weighted by Gasteiger charge is 2.16. The Morgan fingerprint density at radius 2 is 2.20 bits per heavy atom. The molecule has 0 bridgehead atoms. The summed E-state index contributed by atoms with van der Waals surface area (Å²) < 4.78 is 7.52. The molecule has 2 heterocycles. The first-order valence-corrected chi connectivity index (χ1v) is 5.77. The van der Waals surface area contributed by atoms with Crippen molar-refractivity contribution in [2.75, 3.05) is 13.2 Å². The van der Waals surface area contributed by atoms with E-state index in [9.17, 15) is 0 Å². The zero-order chi connectivity index (χ0) is 10.8. The highest BCUT2D eigenvalue weighted by Crippen LogP contribution is 2.18. The maximum atomic E-state index is 5.38. The van der Waals surface area contributed by atoms with Crippen LogP contribution in [-0.4, -0.2) is 23.0 Å². The average molecular weight is 208 g/mol. The van der Waals surface area contributed by atoms with E-state index in [0.717, 1.165) is 31.4 Å². The lowest BCUT2D eigenvalue weighted by atomic mass is 10.1. The molecule has 0 amide bonds. The molecule has 0 spiro atoms. The second kappa shape index (κ2) is 4.35. The summed E-state index contributed by atoms with van der Waals surface area (Å²) in [6, 6.07) is 0. The first kappa shape index (κ1) is 10.7. The standard InChI is InChI=1S/C12H20N2O/c1-9-10(2)13-14(11(9)3)6-4-12-5-7-15-8-12/h12H,4-8H2,1-3H3. The Kier molecular flexibility index (Phi) is 3.10. The first-order valence-electron chi connectivity index (χ1n) is 5.77. The van der Waals surface area contributed by atoms with Crippen molar-refractivity contribution in [3.63, 3.8) is 0 Å². The molecule has 0 radical (unpaired) electrons. The van der Waals surface area contributed by atoms with E-state index < -0.39 is 0 Å². The minimum Gasteiger partial charge on any atom is -0.381 e. The monoisotopic (exact) mass is 208 g/mol. The Morgan fingerprint density at radius 1 is 1.40 bits per heavy atom. The second-order valence-corrected chi connectivity index (χ2v) is 4.54. The third-order valence-electron chi connectivity index (χ3n) is 3.52. The van der Waals surface area contributed by atoms with E-state index in [1.165, 1.54) is 24.1 Å². The van der Waals surface area contributed by atoms with Crippen molar-refractivity contribution in [3.8, 4) is 0 Å². The van der Waals surface area contributed by atoms with Crippen LogP contribution in [0.3, 0.4) is 0 Å². The van der Waals surface area contributed by atoms with E-state index in [4.69, 9.17) is 4.74 Å². The van der Waals surface area contributed by atoms with Gasteiger partial charge in [-0.2, -0.15) is 5.10 Å². The number of nitrogens with zero attached hydrogens (tertiary/aromatic N) is 2. The molecule has 0 aromatic carbocycles. The summed E-state index contributed by atoms with van der Waals surface area (Å²) in [7, 11) is 0. The third kappa shape index (κ3) is 2.23. The summed E-state index contributed by atoms with van der Waals surface area (Å²) in [5.41, 5.74) is 3.80. The van der Waals surface area contributed by atoms with E-state index in [-0.39, 0.29) is 0 Å². The zero-order valence-corrected chi connectivity index (χ0v) is 9.92. The molecule has 1 aromatic heterocycles. The lowest BCUT2D eigenvalue weighted by Crippen LogP contribution is -2.08. The fraction of sp³-hybridized carbons (Fsp3) is 0.750. The van der Waals surface area contributed by atoms with Crippen LogP contribution >= 0.6 is 0 Å². The van der Waals surface area contributed by atoms with Gasteiger partial charge in [-0.25, -0.2) is 0 Å². The third-order valence-corrected chi connectivity index (χ3v) is 3.52. The molecular weight excluding hydrogens is 188 g/mol. The van der Waals surface area contributed by atoms with E-state index in [2.05, 4.69) is 30.6 Å². The topological polar surface area (TPSA) is 27.1 Å². The van der Waals surface area contributed by atoms with Crippen molar-refractivity contribution in [2.24, 2.45) is 5.92 Å². The van der Waals surface area contributed by atoms with Crippen molar-refractivity contribution >= 4 is 0 Å².